The molecule has 47 heavy (non-hydrogen) atoms. The molecule has 0 aliphatic carbocycles. The van der Waals surface area contributed by atoms with Gasteiger partial charge in [-0.3, -0.25) is 0 Å². The van der Waals surface area contributed by atoms with Gasteiger partial charge in [-0.1, -0.05) is 48.5 Å². The third kappa shape index (κ3) is 6.79. The highest BCUT2D eigenvalue weighted by Gasteiger charge is 2.40. The summed E-state index contributed by atoms with van der Waals surface area (Å²) < 4.78 is 29.3. The van der Waals surface area contributed by atoms with Crippen molar-refractivity contribution in [2.45, 2.75) is 67.3 Å². The molecule has 1 aliphatic heterocycles. The molecular weight excluding hydrogens is 598 g/mol. The lowest BCUT2D eigenvalue weighted by atomic mass is 9.80. The molecule has 1 aromatic heterocycles. The number of ether oxygens (including phenoxy) is 4. The monoisotopic (exact) mass is 637 g/mol. The predicted molar refractivity (Wildman–Crippen MR) is 178 cm³/mol. The Labute approximate surface area is 273 Å². The third-order valence-electron chi connectivity index (χ3n) is 8.33. The number of rotatable bonds is 10. The van der Waals surface area contributed by atoms with E-state index >= 15 is 0 Å². The summed E-state index contributed by atoms with van der Waals surface area (Å²) in [6, 6.07) is 20.6. The number of benzene rings is 3. The highest BCUT2D eigenvalue weighted by Crippen LogP contribution is 2.43. The van der Waals surface area contributed by atoms with Gasteiger partial charge in [0.05, 0.1) is 23.7 Å². The Balaban J connectivity index is 1.48. The molecule has 3 aromatic carbocycles. The van der Waals surface area contributed by atoms with Crippen molar-refractivity contribution in [3.8, 4) is 11.5 Å². The van der Waals surface area contributed by atoms with Gasteiger partial charge in [0, 0.05) is 40.4 Å². The van der Waals surface area contributed by atoms with E-state index in [-0.39, 0.29) is 24.4 Å². The molecule has 0 bridgehead atoms. The highest BCUT2D eigenvalue weighted by molar-refractivity contribution is 6.00. The van der Waals surface area contributed by atoms with E-state index in [0.717, 1.165) is 16.5 Å². The summed E-state index contributed by atoms with van der Waals surface area (Å²) in [4.78, 5) is 39.9. The molecule has 0 fully saturated rings. The Morgan fingerprint density at radius 2 is 1.47 bits per heavy atom. The van der Waals surface area contributed by atoms with Gasteiger partial charge in [-0.25, -0.2) is 14.4 Å². The van der Waals surface area contributed by atoms with E-state index in [1.807, 2.05) is 67.6 Å². The first-order valence-electron chi connectivity index (χ1n) is 15.5. The number of aryl methyl sites for hydroxylation is 2. The molecule has 2 heterocycles. The zero-order valence-corrected chi connectivity index (χ0v) is 27.7. The van der Waals surface area contributed by atoms with Gasteiger partial charge in [-0.2, -0.15) is 0 Å². The summed E-state index contributed by atoms with van der Waals surface area (Å²) in [6.45, 7) is 12.7. The number of hydrogen-bond donors (Lipinski definition) is 1. The number of allylic oxidation sites excluding steroid dienone is 2. The number of para-hydroxylation sites is 1. The number of esters is 2. The van der Waals surface area contributed by atoms with Crippen LogP contribution in [0.1, 0.15) is 61.4 Å². The van der Waals surface area contributed by atoms with E-state index in [4.69, 9.17) is 23.4 Å². The van der Waals surface area contributed by atoms with Crippen molar-refractivity contribution in [3.05, 3.63) is 128 Å². The zero-order valence-electron chi connectivity index (χ0n) is 27.7. The van der Waals surface area contributed by atoms with Gasteiger partial charge in [0.1, 0.15) is 23.7 Å². The molecule has 0 radical (unpaired) electrons. The van der Waals surface area contributed by atoms with Crippen LogP contribution in [0.3, 0.4) is 0 Å². The Morgan fingerprint density at radius 1 is 0.809 bits per heavy atom. The van der Waals surface area contributed by atoms with Crippen LogP contribution in [0.5, 0.6) is 11.5 Å². The zero-order chi connectivity index (χ0) is 33.8. The molecule has 0 saturated heterocycles. The summed E-state index contributed by atoms with van der Waals surface area (Å²) in [5, 5.41) is 3.98. The van der Waals surface area contributed by atoms with Crippen molar-refractivity contribution < 1.29 is 33.0 Å². The minimum absolute atomic E-state index is 0.159. The van der Waals surface area contributed by atoms with Crippen LogP contribution in [-0.4, -0.2) is 24.8 Å². The van der Waals surface area contributed by atoms with Crippen LogP contribution in [0.4, 0.5) is 0 Å². The largest absolute Gasteiger partial charge is 0.489 e. The quantitative estimate of drug-likeness (QED) is 0.111. The van der Waals surface area contributed by atoms with Crippen LogP contribution >= 0.6 is 0 Å². The maximum absolute atomic E-state index is 14.1. The Morgan fingerprint density at radius 3 is 2.17 bits per heavy atom. The maximum atomic E-state index is 14.1. The summed E-state index contributed by atoms with van der Waals surface area (Å²) >= 11 is 0. The lowest BCUT2D eigenvalue weighted by Crippen LogP contribution is -2.34. The van der Waals surface area contributed by atoms with E-state index in [9.17, 15) is 14.4 Å². The first-order chi connectivity index (χ1) is 22.5. The number of hydrogen-bond acceptors (Lipinski definition) is 9. The van der Waals surface area contributed by atoms with Crippen LogP contribution < -0.4 is 20.4 Å². The number of carbonyl (C=O) groups is 2. The molecule has 9 nitrogen and oxygen atoms in total. The van der Waals surface area contributed by atoms with Gasteiger partial charge in [-0.05, 0) is 70.9 Å². The van der Waals surface area contributed by atoms with Crippen molar-refractivity contribution >= 4 is 22.9 Å². The summed E-state index contributed by atoms with van der Waals surface area (Å²) in [5.74, 6) is -1.18. The maximum Gasteiger partial charge on any atom is 0.339 e. The van der Waals surface area contributed by atoms with Crippen molar-refractivity contribution in [1.82, 2.24) is 5.32 Å². The number of carbonyl (C=O) groups excluding carboxylic acids is 2. The molecule has 0 amide bonds. The van der Waals surface area contributed by atoms with E-state index in [0.29, 0.717) is 45.2 Å². The second-order valence-corrected chi connectivity index (χ2v) is 11.5. The number of fused-ring (bicyclic) bond motifs is 1. The second-order valence-electron chi connectivity index (χ2n) is 11.5. The lowest BCUT2D eigenvalue weighted by molar-refractivity contribution is -0.156. The second kappa shape index (κ2) is 14.0. The smallest absolute Gasteiger partial charge is 0.339 e. The minimum atomic E-state index is -1.04. The van der Waals surface area contributed by atoms with E-state index in [1.54, 1.807) is 47.6 Å². The highest BCUT2D eigenvalue weighted by atomic mass is 16.7. The molecule has 4 aromatic rings. The van der Waals surface area contributed by atoms with Crippen molar-refractivity contribution in [2.75, 3.05) is 6.61 Å². The molecule has 2 unspecified atom stereocenters. The fourth-order valence-electron chi connectivity index (χ4n) is 5.81. The van der Waals surface area contributed by atoms with Gasteiger partial charge >= 0.3 is 17.6 Å². The van der Waals surface area contributed by atoms with Gasteiger partial charge in [-0.15, -0.1) is 0 Å². The number of nitrogens with one attached hydrogen (secondary N) is 1. The predicted octanol–water partition coefficient (Wildman–Crippen LogP) is 7.06. The van der Waals surface area contributed by atoms with E-state index in [1.165, 1.54) is 0 Å². The third-order valence-corrected chi connectivity index (χ3v) is 8.33. The molecule has 5 rings (SSSR count). The number of dihydropyridines is 1. The van der Waals surface area contributed by atoms with Gasteiger partial charge in [0.2, 0.25) is 6.29 Å². The molecule has 244 valence electrons. The first-order valence-corrected chi connectivity index (χ1v) is 15.5. The molecule has 0 spiro atoms. The van der Waals surface area contributed by atoms with Crippen molar-refractivity contribution in [3.63, 3.8) is 0 Å². The first kappa shape index (κ1) is 33.1. The van der Waals surface area contributed by atoms with Gasteiger partial charge < -0.3 is 28.7 Å². The Hall–Kier alpha value is -5.31. The molecule has 2 atom stereocenters. The fraction of sp³-hybridized carbons (Fsp3) is 0.289. The van der Waals surface area contributed by atoms with Crippen LogP contribution in [0, 0.1) is 20.8 Å². The van der Waals surface area contributed by atoms with E-state index < -0.39 is 29.8 Å². The van der Waals surface area contributed by atoms with Crippen LogP contribution in [-0.2, 0) is 25.7 Å². The molecule has 9 heteroatoms. The fourth-order valence-corrected chi connectivity index (χ4v) is 5.81. The standard InChI is InChI=1S/C38H39NO8/c1-8-43-37(41)32-24(5)39-25(6)33(34(32)29-16-12-13-17-31(29)44-20-27-14-10-9-11-15-27)38(42)46-26(7)45-30-19-18-28-21(2)22(3)36(40)47-35(28)23(30)4/h9-19,26,34,39H,8,20H2,1-7H3. The van der Waals surface area contributed by atoms with Crippen LogP contribution in [0.15, 0.2) is 98.5 Å². The van der Waals surface area contributed by atoms with Gasteiger partial charge in [0.15, 0.2) is 0 Å². The lowest BCUT2D eigenvalue weighted by Gasteiger charge is -2.32. The molecule has 1 N–H and O–H groups in total. The summed E-state index contributed by atoms with van der Waals surface area (Å²) in [7, 11) is 0. The van der Waals surface area contributed by atoms with Crippen LogP contribution in [0.25, 0.3) is 11.0 Å². The van der Waals surface area contributed by atoms with Crippen molar-refractivity contribution in [1.29, 1.82) is 0 Å². The molecular formula is C38H39NO8. The van der Waals surface area contributed by atoms with Crippen molar-refractivity contribution in [2.24, 2.45) is 0 Å². The van der Waals surface area contributed by atoms with Gasteiger partial charge in [0.25, 0.3) is 0 Å². The average molecular weight is 638 g/mol. The normalized spacial score (nSPS) is 15.3. The minimum Gasteiger partial charge on any atom is -0.489 e. The Bertz CT molecular complexity index is 1950. The van der Waals surface area contributed by atoms with E-state index in [2.05, 4.69) is 5.32 Å². The van der Waals surface area contributed by atoms with Crippen LogP contribution in [0.2, 0.25) is 0 Å². The summed E-state index contributed by atoms with van der Waals surface area (Å²) in [6.07, 6.45) is -1.04. The Kier molecular flexibility index (Phi) is 9.84. The molecule has 0 saturated carbocycles. The average Bonchev–Trinajstić information content (AvgIpc) is 3.04. The SMILES string of the molecule is CCOC(=O)C1=C(C)NC(C)=C(C(=O)OC(C)Oc2ccc3c(C)c(C)c(=O)oc3c2C)C1c1ccccc1OCc1ccccc1. The molecule has 1 aliphatic rings. The summed E-state index contributed by atoms with van der Waals surface area (Å²) in [5.41, 5.74) is 5.13. The topological polar surface area (TPSA) is 113 Å².